The molecule has 4 heteroatoms. The maximum absolute atomic E-state index is 11.5. The van der Waals surface area contributed by atoms with E-state index >= 15 is 0 Å². The first-order valence-corrected chi connectivity index (χ1v) is 5.07. The quantitative estimate of drug-likeness (QED) is 0.788. The van der Waals surface area contributed by atoms with Gasteiger partial charge in [-0.25, -0.2) is 0 Å². The van der Waals surface area contributed by atoms with Crippen molar-refractivity contribution in [3.05, 3.63) is 24.0 Å². The molecule has 0 bridgehead atoms. The standard InChI is InChI=1S/C11H19N3O/c1-9(11(15)13(2)3)12-8-10-6-5-7-14(10)4/h5-7,9,12H,8H2,1-4H3. The van der Waals surface area contributed by atoms with Crippen molar-refractivity contribution in [1.29, 1.82) is 0 Å². The van der Waals surface area contributed by atoms with E-state index in [1.54, 1.807) is 19.0 Å². The summed E-state index contributed by atoms with van der Waals surface area (Å²) in [6.07, 6.45) is 2.00. The summed E-state index contributed by atoms with van der Waals surface area (Å²) >= 11 is 0. The zero-order chi connectivity index (χ0) is 11.4. The van der Waals surface area contributed by atoms with Gasteiger partial charge in [-0.2, -0.15) is 0 Å². The number of hydrogen-bond donors (Lipinski definition) is 1. The van der Waals surface area contributed by atoms with Crippen molar-refractivity contribution >= 4 is 5.91 Å². The summed E-state index contributed by atoms with van der Waals surface area (Å²) < 4.78 is 2.04. The Kier molecular flexibility index (Phi) is 3.91. The Bertz CT molecular complexity index is 330. The minimum atomic E-state index is -0.144. The molecule has 1 atom stereocenters. The molecule has 84 valence electrons. The number of amides is 1. The van der Waals surface area contributed by atoms with Crippen molar-refractivity contribution in [2.75, 3.05) is 14.1 Å². The molecule has 0 aromatic carbocycles. The van der Waals surface area contributed by atoms with Crippen LogP contribution in [0, 0.1) is 0 Å². The van der Waals surface area contributed by atoms with E-state index in [0.29, 0.717) is 6.54 Å². The molecule has 0 saturated heterocycles. The highest BCUT2D eigenvalue weighted by molar-refractivity contribution is 5.80. The van der Waals surface area contributed by atoms with Crippen LogP contribution in [0.3, 0.4) is 0 Å². The van der Waals surface area contributed by atoms with Crippen molar-refractivity contribution in [3.8, 4) is 0 Å². The summed E-state index contributed by atoms with van der Waals surface area (Å²) in [7, 11) is 5.53. The summed E-state index contributed by atoms with van der Waals surface area (Å²) in [5.74, 6) is 0.101. The molecule has 1 amide bonds. The van der Waals surface area contributed by atoms with Crippen LogP contribution in [0.15, 0.2) is 18.3 Å². The van der Waals surface area contributed by atoms with Crippen molar-refractivity contribution < 1.29 is 4.79 Å². The van der Waals surface area contributed by atoms with Gasteiger partial charge in [0.2, 0.25) is 5.91 Å². The number of aromatic nitrogens is 1. The molecule has 1 N–H and O–H groups in total. The van der Waals surface area contributed by atoms with Crippen molar-refractivity contribution in [1.82, 2.24) is 14.8 Å². The summed E-state index contributed by atoms with van der Waals surface area (Å²) in [6.45, 7) is 2.59. The van der Waals surface area contributed by atoms with E-state index in [4.69, 9.17) is 0 Å². The van der Waals surface area contributed by atoms with Gasteiger partial charge in [0, 0.05) is 39.6 Å². The average Bonchev–Trinajstić information content (AvgIpc) is 2.59. The zero-order valence-electron chi connectivity index (χ0n) is 9.82. The van der Waals surface area contributed by atoms with E-state index in [9.17, 15) is 4.79 Å². The van der Waals surface area contributed by atoms with Crippen molar-refractivity contribution in [2.24, 2.45) is 7.05 Å². The molecule has 0 spiro atoms. The molecule has 15 heavy (non-hydrogen) atoms. The van der Waals surface area contributed by atoms with Gasteiger partial charge in [0.1, 0.15) is 0 Å². The third-order valence-corrected chi connectivity index (χ3v) is 2.45. The molecule has 0 aliphatic rings. The smallest absolute Gasteiger partial charge is 0.238 e. The van der Waals surface area contributed by atoms with Crippen LogP contribution in [0.4, 0.5) is 0 Å². The van der Waals surface area contributed by atoms with Crippen LogP contribution < -0.4 is 5.32 Å². The van der Waals surface area contributed by atoms with Gasteiger partial charge in [-0.15, -0.1) is 0 Å². The molecule has 1 heterocycles. The minimum Gasteiger partial charge on any atom is -0.353 e. The van der Waals surface area contributed by atoms with E-state index in [-0.39, 0.29) is 11.9 Å². The van der Waals surface area contributed by atoms with Crippen LogP contribution in [0.2, 0.25) is 0 Å². The molecule has 4 nitrogen and oxygen atoms in total. The van der Waals surface area contributed by atoms with Crippen LogP contribution in [-0.4, -0.2) is 35.5 Å². The molecule has 0 aliphatic carbocycles. The summed E-state index contributed by atoms with van der Waals surface area (Å²) in [5.41, 5.74) is 1.17. The number of rotatable bonds is 4. The number of hydrogen-bond acceptors (Lipinski definition) is 2. The lowest BCUT2D eigenvalue weighted by molar-refractivity contribution is -0.130. The summed E-state index contributed by atoms with van der Waals surface area (Å²) in [6, 6.07) is 3.89. The lowest BCUT2D eigenvalue weighted by Gasteiger charge is -2.18. The number of aryl methyl sites for hydroxylation is 1. The Hall–Kier alpha value is -1.29. The maximum Gasteiger partial charge on any atom is 0.238 e. The normalized spacial score (nSPS) is 12.5. The van der Waals surface area contributed by atoms with E-state index < -0.39 is 0 Å². The highest BCUT2D eigenvalue weighted by Crippen LogP contribution is 1.99. The summed E-state index contributed by atoms with van der Waals surface area (Å²) in [5, 5.41) is 3.19. The Labute approximate surface area is 90.9 Å². The number of carbonyl (C=O) groups is 1. The Morgan fingerprint density at radius 3 is 2.73 bits per heavy atom. The van der Waals surface area contributed by atoms with Gasteiger partial charge in [-0.1, -0.05) is 0 Å². The molecule has 0 saturated carbocycles. The number of carbonyl (C=O) groups excluding carboxylic acids is 1. The minimum absolute atomic E-state index is 0.101. The largest absolute Gasteiger partial charge is 0.353 e. The first-order valence-electron chi connectivity index (χ1n) is 5.07. The fraction of sp³-hybridized carbons (Fsp3) is 0.545. The first-order chi connectivity index (χ1) is 7.02. The van der Waals surface area contributed by atoms with Crippen molar-refractivity contribution in [3.63, 3.8) is 0 Å². The molecule has 1 unspecified atom stereocenters. The van der Waals surface area contributed by atoms with Crippen LogP contribution in [0.5, 0.6) is 0 Å². The molecule has 1 rings (SSSR count). The highest BCUT2D eigenvalue weighted by Gasteiger charge is 2.13. The molecule has 0 aliphatic heterocycles. The molecule has 1 aromatic rings. The molecular formula is C11H19N3O. The Morgan fingerprint density at radius 2 is 2.27 bits per heavy atom. The number of nitrogens with one attached hydrogen (secondary N) is 1. The predicted octanol–water partition coefficient (Wildman–Crippen LogP) is 0.591. The lowest BCUT2D eigenvalue weighted by atomic mass is 10.3. The average molecular weight is 209 g/mol. The molecule has 1 aromatic heterocycles. The number of likely N-dealkylation sites (N-methyl/N-ethyl adjacent to an activating group) is 1. The zero-order valence-corrected chi connectivity index (χ0v) is 9.82. The van der Waals surface area contributed by atoms with Crippen LogP contribution in [0.25, 0.3) is 0 Å². The van der Waals surface area contributed by atoms with E-state index in [1.807, 2.05) is 36.9 Å². The second kappa shape index (κ2) is 4.98. The summed E-state index contributed by atoms with van der Waals surface area (Å²) in [4.78, 5) is 13.1. The van der Waals surface area contributed by atoms with E-state index in [1.165, 1.54) is 5.69 Å². The van der Waals surface area contributed by atoms with Crippen molar-refractivity contribution in [2.45, 2.75) is 19.5 Å². The topological polar surface area (TPSA) is 37.3 Å². The highest BCUT2D eigenvalue weighted by atomic mass is 16.2. The monoisotopic (exact) mass is 209 g/mol. The fourth-order valence-corrected chi connectivity index (χ4v) is 1.41. The van der Waals surface area contributed by atoms with Gasteiger partial charge in [-0.05, 0) is 19.1 Å². The van der Waals surface area contributed by atoms with Crippen LogP contribution >= 0.6 is 0 Å². The Balaban J connectivity index is 2.44. The molecular weight excluding hydrogens is 190 g/mol. The second-order valence-corrected chi connectivity index (χ2v) is 3.95. The van der Waals surface area contributed by atoms with E-state index in [2.05, 4.69) is 5.32 Å². The van der Waals surface area contributed by atoms with Gasteiger partial charge >= 0.3 is 0 Å². The first kappa shape index (κ1) is 11.8. The van der Waals surface area contributed by atoms with Gasteiger partial charge in [0.15, 0.2) is 0 Å². The maximum atomic E-state index is 11.5. The van der Waals surface area contributed by atoms with Crippen LogP contribution in [-0.2, 0) is 18.4 Å². The fourth-order valence-electron chi connectivity index (χ4n) is 1.41. The van der Waals surface area contributed by atoms with E-state index in [0.717, 1.165) is 0 Å². The Morgan fingerprint density at radius 1 is 1.60 bits per heavy atom. The number of nitrogens with zero attached hydrogens (tertiary/aromatic N) is 2. The van der Waals surface area contributed by atoms with Gasteiger partial charge < -0.3 is 14.8 Å². The van der Waals surface area contributed by atoms with Crippen LogP contribution in [0.1, 0.15) is 12.6 Å². The molecule has 0 radical (unpaired) electrons. The lowest BCUT2D eigenvalue weighted by Crippen LogP contribution is -2.41. The van der Waals surface area contributed by atoms with Gasteiger partial charge in [0.05, 0.1) is 6.04 Å². The van der Waals surface area contributed by atoms with Gasteiger partial charge in [0.25, 0.3) is 0 Å². The molecule has 0 fully saturated rings. The SMILES string of the molecule is CC(NCc1cccn1C)C(=O)N(C)C. The third-order valence-electron chi connectivity index (χ3n) is 2.45. The second-order valence-electron chi connectivity index (χ2n) is 3.95. The third kappa shape index (κ3) is 3.09. The van der Waals surface area contributed by atoms with Gasteiger partial charge in [-0.3, -0.25) is 4.79 Å². The predicted molar refractivity (Wildman–Crippen MR) is 60.4 cm³/mol.